The van der Waals surface area contributed by atoms with Crippen molar-refractivity contribution in [1.29, 1.82) is 0 Å². The average molecular weight is 524 g/mol. The van der Waals surface area contributed by atoms with Gasteiger partial charge in [-0.2, -0.15) is 0 Å². The average Bonchev–Trinajstić information content (AvgIpc) is 2.76. The Labute approximate surface area is 198 Å². The number of benzene rings is 2. The maximum absolute atomic E-state index is 12.9. The molecule has 0 radical (unpaired) electrons. The second-order valence-corrected chi connectivity index (χ2v) is 9.62. The van der Waals surface area contributed by atoms with Crippen LogP contribution in [0.15, 0.2) is 53.4 Å². The molecule has 0 aliphatic carbocycles. The van der Waals surface area contributed by atoms with E-state index >= 15 is 0 Å². The molecular weight excluding hydrogens is 504 g/mol. The van der Waals surface area contributed by atoms with Crippen molar-refractivity contribution >= 4 is 50.9 Å². The van der Waals surface area contributed by atoms with Crippen LogP contribution in [0, 0.1) is 0 Å². The van der Waals surface area contributed by atoms with Gasteiger partial charge in [-0.25, -0.2) is 22.4 Å². The molecule has 0 heterocycles. The van der Waals surface area contributed by atoms with Gasteiger partial charge in [0.1, 0.15) is 12.8 Å². The van der Waals surface area contributed by atoms with E-state index in [9.17, 15) is 32.3 Å². The first-order valence-corrected chi connectivity index (χ1v) is 11.7. The van der Waals surface area contributed by atoms with Crippen molar-refractivity contribution in [3.8, 4) is 0 Å². The van der Waals surface area contributed by atoms with Crippen LogP contribution in [0.1, 0.15) is 32.4 Å². The lowest BCUT2D eigenvalue weighted by atomic mass is 10.0. The van der Waals surface area contributed by atoms with Gasteiger partial charge in [0.2, 0.25) is 0 Å². The molecule has 0 bridgehead atoms. The fourth-order valence-electron chi connectivity index (χ4n) is 2.45. The van der Waals surface area contributed by atoms with E-state index in [0.717, 1.165) is 6.26 Å². The molecule has 4 N–H and O–H groups in total. The summed E-state index contributed by atoms with van der Waals surface area (Å²) in [6.07, 6.45) is -0.316. The number of rotatable bonds is 8. The van der Waals surface area contributed by atoms with E-state index in [4.69, 9.17) is 33.4 Å². The second-order valence-electron chi connectivity index (χ2n) is 6.51. The topological polar surface area (TPSA) is 158 Å². The monoisotopic (exact) mass is 523 g/mol. The molecule has 0 saturated heterocycles. The molecule has 13 heteroatoms. The van der Waals surface area contributed by atoms with Gasteiger partial charge in [0.25, 0.3) is 5.91 Å². The maximum atomic E-state index is 12.9. The molecular formula is C20H20Cl2FNO8S. The van der Waals surface area contributed by atoms with Crippen LogP contribution in [0.3, 0.4) is 0 Å². The normalized spacial score (nSPS) is 12.8. The smallest absolute Gasteiger partial charge is 0.336 e. The summed E-state index contributed by atoms with van der Waals surface area (Å²) in [5.41, 5.74) is -0.124. The molecule has 33 heavy (non-hydrogen) atoms. The van der Waals surface area contributed by atoms with Gasteiger partial charge in [0.15, 0.2) is 14.7 Å². The largest absolute Gasteiger partial charge is 0.478 e. The quantitative estimate of drug-likeness (QED) is 0.384. The Morgan fingerprint density at radius 1 is 0.970 bits per heavy atom. The van der Waals surface area contributed by atoms with Crippen LogP contribution in [0.5, 0.6) is 0 Å². The molecule has 0 unspecified atom stereocenters. The van der Waals surface area contributed by atoms with Gasteiger partial charge in [-0.1, -0.05) is 47.5 Å². The highest BCUT2D eigenvalue weighted by atomic mass is 35.5. The van der Waals surface area contributed by atoms with Crippen molar-refractivity contribution in [3.63, 3.8) is 0 Å². The van der Waals surface area contributed by atoms with Gasteiger partial charge < -0.3 is 20.6 Å². The number of alkyl halides is 3. The van der Waals surface area contributed by atoms with Crippen molar-refractivity contribution in [1.82, 2.24) is 5.32 Å². The SMILES string of the molecule is CS(=O)(=O)c1ccc([C@@H](O)[C@@H](CF)NC(=O)C(Cl)Cl)cc1.O=C(O)c1ccccc1C(=O)O. The highest BCUT2D eigenvalue weighted by Gasteiger charge is 2.25. The fraction of sp³-hybridized carbons (Fsp3) is 0.250. The number of hydrogen-bond donors (Lipinski definition) is 4. The molecule has 0 saturated carbocycles. The summed E-state index contributed by atoms with van der Waals surface area (Å²) >= 11 is 10.7. The number of amides is 1. The minimum atomic E-state index is -3.36. The summed E-state index contributed by atoms with van der Waals surface area (Å²) in [7, 11) is -3.36. The number of nitrogens with one attached hydrogen (secondary N) is 1. The minimum absolute atomic E-state index is 0.0702. The summed E-state index contributed by atoms with van der Waals surface area (Å²) in [5.74, 6) is -3.28. The van der Waals surface area contributed by atoms with Crippen molar-refractivity contribution < 1.29 is 42.5 Å². The number of aliphatic hydroxyl groups is 1. The van der Waals surface area contributed by atoms with Crippen LogP contribution in [0.2, 0.25) is 0 Å². The zero-order valence-electron chi connectivity index (χ0n) is 17.0. The summed E-state index contributed by atoms with van der Waals surface area (Å²) < 4.78 is 35.6. The number of carbonyl (C=O) groups excluding carboxylic acids is 1. The Kier molecular flexibility index (Phi) is 10.7. The molecule has 0 fully saturated rings. The van der Waals surface area contributed by atoms with Crippen LogP contribution >= 0.6 is 23.2 Å². The molecule has 2 atom stereocenters. The third kappa shape index (κ3) is 8.61. The van der Waals surface area contributed by atoms with E-state index in [2.05, 4.69) is 5.32 Å². The number of aromatic carboxylic acids is 2. The maximum Gasteiger partial charge on any atom is 0.336 e. The van der Waals surface area contributed by atoms with Crippen LogP contribution in [-0.2, 0) is 14.6 Å². The zero-order valence-corrected chi connectivity index (χ0v) is 19.3. The summed E-state index contributed by atoms with van der Waals surface area (Å²) in [4.78, 5) is 30.9. The summed E-state index contributed by atoms with van der Waals surface area (Å²) in [6.45, 7) is -1.04. The number of carbonyl (C=O) groups is 3. The van der Waals surface area contributed by atoms with Gasteiger partial charge in [0, 0.05) is 6.26 Å². The molecule has 0 aliphatic heterocycles. The van der Waals surface area contributed by atoms with Crippen molar-refractivity contribution in [2.45, 2.75) is 21.9 Å². The predicted molar refractivity (Wildman–Crippen MR) is 118 cm³/mol. The van der Waals surface area contributed by atoms with Crippen LogP contribution < -0.4 is 5.32 Å². The second kappa shape index (κ2) is 12.5. The predicted octanol–water partition coefficient (Wildman–Crippen LogP) is 2.46. The lowest BCUT2D eigenvalue weighted by Crippen LogP contribution is -2.43. The first kappa shape index (κ1) is 28.3. The molecule has 0 spiro atoms. The fourth-order valence-corrected chi connectivity index (χ4v) is 3.20. The lowest BCUT2D eigenvalue weighted by molar-refractivity contribution is -0.121. The number of sulfone groups is 1. The molecule has 1 amide bonds. The van der Waals surface area contributed by atoms with E-state index < -0.39 is 51.3 Å². The minimum Gasteiger partial charge on any atom is -0.478 e. The Morgan fingerprint density at radius 3 is 1.76 bits per heavy atom. The molecule has 0 aliphatic rings. The highest BCUT2D eigenvalue weighted by Crippen LogP contribution is 2.20. The van der Waals surface area contributed by atoms with Gasteiger partial charge in [-0.15, -0.1) is 0 Å². The molecule has 2 rings (SSSR count). The Bertz CT molecular complexity index is 1060. The lowest BCUT2D eigenvalue weighted by Gasteiger charge is -2.22. The van der Waals surface area contributed by atoms with E-state index in [1.165, 1.54) is 48.5 Å². The number of aliphatic hydroxyl groups excluding tert-OH is 1. The molecule has 0 aromatic heterocycles. The number of carboxylic acids is 2. The summed E-state index contributed by atoms with van der Waals surface area (Å²) in [5, 5.41) is 29.3. The Hall–Kier alpha value is -2.73. The highest BCUT2D eigenvalue weighted by molar-refractivity contribution is 7.90. The Balaban J connectivity index is 0.000000383. The first-order valence-electron chi connectivity index (χ1n) is 8.97. The van der Waals surface area contributed by atoms with Crippen molar-refractivity contribution in [3.05, 3.63) is 65.2 Å². The van der Waals surface area contributed by atoms with Gasteiger partial charge >= 0.3 is 11.9 Å². The molecule has 2 aromatic carbocycles. The number of hydrogen-bond acceptors (Lipinski definition) is 6. The van der Waals surface area contributed by atoms with Gasteiger partial charge in [-0.05, 0) is 29.8 Å². The first-order chi connectivity index (χ1) is 15.3. The molecule has 9 nitrogen and oxygen atoms in total. The molecule has 180 valence electrons. The molecule has 2 aromatic rings. The third-order valence-electron chi connectivity index (χ3n) is 4.11. The van der Waals surface area contributed by atoms with Gasteiger partial charge in [-0.3, -0.25) is 4.79 Å². The van der Waals surface area contributed by atoms with E-state index in [1.807, 2.05) is 0 Å². The van der Waals surface area contributed by atoms with Crippen molar-refractivity contribution in [2.24, 2.45) is 0 Å². The van der Waals surface area contributed by atoms with Crippen LogP contribution in [0.25, 0.3) is 0 Å². The summed E-state index contributed by atoms with van der Waals surface area (Å²) in [6, 6.07) is 9.50. The van der Waals surface area contributed by atoms with E-state index in [1.54, 1.807) is 0 Å². The van der Waals surface area contributed by atoms with Crippen LogP contribution in [0.4, 0.5) is 4.39 Å². The number of carboxylic acid groups (broad SMARTS) is 2. The third-order valence-corrected chi connectivity index (χ3v) is 5.64. The van der Waals surface area contributed by atoms with Gasteiger partial charge in [0.05, 0.1) is 22.1 Å². The zero-order chi connectivity index (χ0) is 25.3. The number of halogens is 3. The standard InChI is InChI=1S/C12H14Cl2FNO4S.C8H6O4/c1-21(19,20)8-4-2-7(3-5-8)10(17)9(6-15)16-12(18)11(13)14;9-7(10)5-3-1-2-4-6(5)8(11)12/h2-5,9-11,17H,6H2,1H3,(H,16,18);1-4H,(H,9,10)(H,11,12)/t9-,10-;/m1./s1. The van der Waals surface area contributed by atoms with Crippen LogP contribution in [-0.4, -0.2) is 65.4 Å². The van der Waals surface area contributed by atoms with E-state index in [0.29, 0.717) is 0 Å². The van der Waals surface area contributed by atoms with E-state index in [-0.39, 0.29) is 21.6 Å². The Morgan fingerprint density at radius 2 is 1.42 bits per heavy atom. The van der Waals surface area contributed by atoms with Crippen molar-refractivity contribution in [2.75, 3.05) is 12.9 Å².